The van der Waals surface area contributed by atoms with Crippen molar-refractivity contribution < 1.29 is 14.0 Å². The molecule has 0 spiro atoms. The number of hydrogen-bond acceptors (Lipinski definition) is 3. The Morgan fingerprint density at radius 1 is 0.875 bits per heavy atom. The zero-order valence-electron chi connectivity index (χ0n) is 12.5. The van der Waals surface area contributed by atoms with Gasteiger partial charge in [0.2, 0.25) is 0 Å². The number of rotatable bonds is 2. The van der Waals surface area contributed by atoms with E-state index in [1.165, 1.54) is 18.2 Å². The van der Waals surface area contributed by atoms with Gasteiger partial charge in [-0.3, -0.25) is 9.59 Å². The first-order valence-electron chi connectivity index (χ1n) is 7.24. The molecule has 1 aromatic heterocycles. The van der Waals surface area contributed by atoms with Gasteiger partial charge in [0.1, 0.15) is 0 Å². The van der Waals surface area contributed by atoms with E-state index < -0.39 is 0 Å². The highest BCUT2D eigenvalue weighted by Crippen LogP contribution is 2.23. The normalized spacial score (nSPS) is 14.8. The van der Waals surface area contributed by atoms with Gasteiger partial charge in [0.15, 0.2) is 11.0 Å². The zero-order valence-corrected chi connectivity index (χ0v) is 14.7. The molecule has 0 bridgehead atoms. The van der Waals surface area contributed by atoms with Crippen LogP contribution >= 0.6 is 34.8 Å². The number of carbonyl (C=O) groups is 2. The maximum atomic E-state index is 12.5. The fourth-order valence-electron chi connectivity index (χ4n) is 2.53. The number of halogens is 3. The fourth-order valence-corrected chi connectivity index (χ4v) is 3.17. The maximum absolute atomic E-state index is 12.5. The molecule has 2 heterocycles. The molecule has 126 valence electrons. The first-order valence-corrected chi connectivity index (χ1v) is 8.38. The second-order valence-electron chi connectivity index (χ2n) is 5.31. The van der Waals surface area contributed by atoms with Gasteiger partial charge in [-0.05, 0) is 41.9 Å². The lowest BCUT2D eigenvalue weighted by Gasteiger charge is -2.34. The first-order chi connectivity index (χ1) is 11.5. The number of hydrogen-bond donors (Lipinski definition) is 0. The Hall–Kier alpha value is -1.69. The minimum Gasteiger partial charge on any atom is -0.440 e. The topological polar surface area (TPSA) is 53.8 Å². The molecule has 0 N–H and O–H groups in total. The van der Waals surface area contributed by atoms with Crippen LogP contribution in [0.2, 0.25) is 15.3 Å². The van der Waals surface area contributed by atoms with Crippen LogP contribution in [0, 0.1) is 0 Å². The average molecular weight is 388 g/mol. The summed E-state index contributed by atoms with van der Waals surface area (Å²) in [6.07, 6.45) is 0. The highest BCUT2D eigenvalue weighted by Gasteiger charge is 2.27. The Kier molecular flexibility index (Phi) is 5.04. The Balaban J connectivity index is 1.64. The summed E-state index contributed by atoms with van der Waals surface area (Å²) < 4.78 is 5.13. The fraction of sp³-hybridized carbons (Fsp3) is 0.250. The number of carbonyl (C=O) groups excluding carboxylic acids is 2. The molecule has 1 fully saturated rings. The van der Waals surface area contributed by atoms with E-state index in [1.54, 1.807) is 21.9 Å². The molecule has 0 aliphatic carbocycles. The van der Waals surface area contributed by atoms with Crippen LogP contribution < -0.4 is 0 Å². The monoisotopic (exact) mass is 386 g/mol. The molecule has 0 saturated carbocycles. The molecular weight excluding hydrogens is 375 g/mol. The Morgan fingerprint density at radius 3 is 2.04 bits per heavy atom. The van der Waals surface area contributed by atoms with Crippen LogP contribution in [-0.2, 0) is 0 Å². The first kappa shape index (κ1) is 17.1. The van der Waals surface area contributed by atoms with Crippen molar-refractivity contribution >= 4 is 46.6 Å². The summed E-state index contributed by atoms with van der Waals surface area (Å²) in [4.78, 5) is 28.1. The number of piperazine rings is 1. The number of benzene rings is 1. The van der Waals surface area contributed by atoms with Gasteiger partial charge >= 0.3 is 0 Å². The van der Waals surface area contributed by atoms with Crippen molar-refractivity contribution in [3.05, 3.63) is 56.9 Å². The molecule has 1 aliphatic rings. The van der Waals surface area contributed by atoms with Crippen molar-refractivity contribution in [3.8, 4) is 0 Å². The third-order valence-corrected chi connectivity index (χ3v) is 4.55. The molecule has 0 unspecified atom stereocenters. The third-order valence-electron chi connectivity index (χ3n) is 3.80. The molecule has 8 heteroatoms. The standard InChI is InChI=1S/C16H13Cl3N2O3/c17-10-1-2-11(12(18)9-10)15(22)20-5-7-21(8-6-20)16(23)13-3-4-14(19)24-13/h1-4,9H,5-8H2. The largest absolute Gasteiger partial charge is 0.440 e. The van der Waals surface area contributed by atoms with E-state index in [-0.39, 0.29) is 22.8 Å². The quantitative estimate of drug-likeness (QED) is 0.787. The Bertz CT molecular complexity index is 783. The van der Waals surface area contributed by atoms with E-state index in [2.05, 4.69) is 0 Å². The minimum absolute atomic E-state index is 0.171. The second kappa shape index (κ2) is 7.05. The number of nitrogens with zero attached hydrogens (tertiary/aromatic N) is 2. The minimum atomic E-state index is -0.237. The van der Waals surface area contributed by atoms with Crippen molar-refractivity contribution in [1.29, 1.82) is 0 Å². The van der Waals surface area contributed by atoms with E-state index >= 15 is 0 Å². The molecule has 1 aliphatic heterocycles. The van der Waals surface area contributed by atoms with Crippen molar-refractivity contribution in [3.63, 3.8) is 0 Å². The van der Waals surface area contributed by atoms with Gasteiger partial charge < -0.3 is 14.2 Å². The van der Waals surface area contributed by atoms with E-state index in [9.17, 15) is 9.59 Å². The molecule has 0 atom stereocenters. The van der Waals surface area contributed by atoms with Crippen LogP contribution in [0.15, 0.2) is 34.7 Å². The third kappa shape index (κ3) is 3.53. The lowest BCUT2D eigenvalue weighted by Crippen LogP contribution is -2.50. The SMILES string of the molecule is O=C(c1ccc(Cl)o1)N1CCN(C(=O)c2ccc(Cl)cc2Cl)CC1. The van der Waals surface area contributed by atoms with E-state index in [0.29, 0.717) is 41.8 Å². The Morgan fingerprint density at radius 2 is 1.50 bits per heavy atom. The zero-order chi connectivity index (χ0) is 17.3. The summed E-state index contributed by atoms with van der Waals surface area (Å²) in [5, 5.41) is 0.963. The van der Waals surface area contributed by atoms with Crippen LogP contribution in [0.25, 0.3) is 0 Å². The van der Waals surface area contributed by atoms with Gasteiger partial charge in [-0.1, -0.05) is 23.2 Å². The molecule has 2 amide bonds. The number of amides is 2. The van der Waals surface area contributed by atoms with Crippen LogP contribution in [0.4, 0.5) is 0 Å². The van der Waals surface area contributed by atoms with E-state index in [1.807, 2.05) is 0 Å². The van der Waals surface area contributed by atoms with Crippen molar-refractivity contribution in [2.24, 2.45) is 0 Å². The molecule has 5 nitrogen and oxygen atoms in total. The van der Waals surface area contributed by atoms with Crippen molar-refractivity contribution in [2.75, 3.05) is 26.2 Å². The molecular formula is C16H13Cl3N2O3. The summed E-state index contributed by atoms with van der Waals surface area (Å²) in [6.45, 7) is 1.65. The molecule has 1 aromatic carbocycles. The van der Waals surface area contributed by atoms with Crippen LogP contribution in [-0.4, -0.2) is 47.8 Å². The summed E-state index contributed by atoms with van der Waals surface area (Å²) in [6, 6.07) is 7.83. The van der Waals surface area contributed by atoms with Gasteiger partial charge in [0.25, 0.3) is 11.8 Å². The smallest absolute Gasteiger partial charge is 0.289 e. The predicted octanol–water partition coefficient (Wildman–Crippen LogP) is 3.84. The van der Waals surface area contributed by atoms with Crippen LogP contribution in [0.1, 0.15) is 20.9 Å². The lowest BCUT2D eigenvalue weighted by atomic mass is 10.1. The maximum Gasteiger partial charge on any atom is 0.289 e. The lowest BCUT2D eigenvalue weighted by molar-refractivity contribution is 0.0518. The van der Waals surface area contributed by atoms with Gasteiger partial charge in [-0.2, -0.15) is 0 Å². The summed E-state index contributed by atoms with van der Waals surface area (Å²) in [5.74, 6) is -0.219. The number of furan rings is 1. The summed E-state index contributed by atoms with van der Waals surface area (Å²) >= 11 is 17.6. The summed E-state index contributed by atoms with van der Waals surface area (Å²) in [5.41, 5.74) is 0.402. The van der Waals surface area contributed by atoms with Gasteiger partial charge in [-0.15, -0.1) is 0 Å². The molecule has 2 aromatic rings. The van der Waals surface area contributed by atoms with Crippen LogP contribution in [0.5, 0.6) is 0 Å². The molecule has 1 saturated heterocycles. The van der Waals surface area contributed by atoms with E-state index in [0.717, 1.165) is 0 Å². The van der Waals surface area contributed by atoms with Crippen LogP contribution in [0.3, 0.4) is 0 Å². The molecule has 3 rings (SSSR count). The van der Waals surface area contributed by atoms with Gasteiger partial charge in [-0.25, -0.2) is 0 Å². The molecule has 0 radical (unpaired) electrons. The predicted molar refractivity (Wildman–Crippen MR) is 92.0 cm³/mol. The second-order valence-corrected chi connectivity index (χ2v) is 6.53. The Labute approximate surface area is 153 Å². The highest BCUT2D eigenvalue weighted by atomic mass is 35.5. The van der Waals surface area contributed by atoms with Crippen molar-refractivity contribution in [2.45, 2.75) is 0 Å². The van der Waals surface area contributed by atoms with Crippen molar-refractivity contribution in [1.82, 2.24) is 9.80 Å². The van der Waals surface area contributed by atoms with E-state index in [4.69, 9.17) is 39.2 Å². The van der Waals surface area contributed by atoms with Gasteiger partial charge in [0, 0.05) is 31.2 Å². The highest BCUT2D eigenvalue weighted by molar-refractivity contribution is 6.36. The summed E-state index contributed by atoms with van der Waals surface area (Å²) in [7, 11) is 0. The average Bonchev–Trinajstić information content (AvgIpc) is 3.00. The molecule has 24 heavy (non-hydrogen) atoms. The van der Waals surface area contributed by atoms with Gasteiger partial charge in [0.05, 0.1) is 10.6 Å².